The highest BCUT2D eigenvalue weighted by atomic mass is 35.5. The lowest BCUT2D eigenvalue weighted by atomic mass is 10.1. The fourth-order valence-electron chi connectivity index (χ4n) is 2.55. The number of likely N-dealkylation sites (tertiary alicyclic amines) is 1. The topological polar surface area (TPSA) is 46.3 Å². The summed E-state index contributed by atoms with van der Waals surface area (Å²) in [4.78, 5) is 15.5. The Morgan fingerprint density at radius 2 is 2.32 bits per heavy atom. The summed E-state index contributed by atoms with van der Waals surface area (Å²) in [5.41, 5.74) is 5.70. The van der Waals surface area contributed by atoms with Crippen molar-refractivity contribution in [1.82, 2.24) is 4.90 Å². The molecule has 0 radical (unpaired) electrons. The number of carbonyl (C=O) groups is 1. The average Bonchev–Trinajstić information content (AvgIpc) is 2.93. The Morgan fingerprint density at radius 1 is 1.63 bits per heavy atom. The van der Waals surface area contributed by atoms with Crippen LogP contribution in [0.4, 0.5) is 0 Å². The van der Waals surface area contributed by atoms with Gasteiger partial charge < -0.3 is 10.6 Å². The van der Waals surface area contributed by atoms with Gasteiger partial charge in [-0.1, -0.05) is 11.6 Å². The molecule has 19 heavy (non-hydrogen) atoms. The molecule has 1 amide bonds. The monoisotopic (exact) mass is 322 g/mol. The van der Waals surface area contributed by atoms with Gasteiger partial charge in [0, 0.05) is 17.5 Å². The first-order valence-corrected chi connectivity index (χ1v) is 7.48. The van der Waals surface area contributed by atoms with Crippen molar-refractivity contribution in [2.24, 2.45) is 11.7 Å². The second-order valence-electron chi connectivity index (χ2n) is 5.04. The second kappa shape index (κ2) is 6.93. The van der Waals surface area contributed by atoms with E-state index in [0.29, 0.717) is 18.5 Å². The van der Waals surface area contributed by atoms with E-state index in [0.717, 1.165) is 22.2 Å². The summed E-state index contributed by atoms with van der Waals surface area (Å²) in [5, 5.41) is 0. The molecule has 1 aliphatic rings. The first-order chi connectivity index (χ1) is 8.52. The molecule has 2 heterocycles. The van der Waals surface area contributed by atoms with Gasteiger partial charge >= 0.3 is 0 Å². The molecule has 1 aliphatic heterocycles. The molecule has 1 saturated heterocycles. The highest BCUT2D eigenvalue weighted by Gasteiger charge is 2.34. The summed E-state index contributed by atoms with van der Waals surface area (Å²) < 4.78 is 0.735. The molecule has 1 fully saturated rings. The summed E-state index contributed by atoms with van der Waals surface area (Å²) in [7, 11) is 0. The Labute approximate surface area is 129 Å². The number of amides is 1. The number of nitrogens with zero attached hydrogens (tertiary/aromatic N) is 1. The van der Waals surface area contributed by atoms with Crippen LogP contribution >= 0.6 is 35.3 Å². The Morgan fingerprint density at radius 3 is 2.79 bits per heavy atom. The minimum absolute atomic E-state index is 0. The molecule has 108 valence electrons. The predicted molar refractivity (Wildman–Crippen MR) is 83.3 cm³/mol. The van der Waals surface area contributed by atoms with Crippen molar-refractivity contribution < 1.29 is 4.79 Å². The van der Waals surface area contributed by atoms with Crippen LogP contribution in [0.15, 0.2) is 12.1 Å². The van der Waals surface area contributed by atoms with Crippen molar-refractivity contribution in [2.45, 2.75) is 32.2 Å². The van der Waals surface area contributed by atoms with Gasteiger partial charge in [-0.15, -0.1) is 23.7 Å². The van der Waals surface area contributed by atoms with Gasteiger partial charge in [0.25, 0.3) is 0 Å². The minimum atomic E-state index is -0.110. The molecule has 6 heteroatoms. The number of nitrogens with two attached hydrogens (primary N) is 1. The van der Waals surface area contributed by atoms with E-state index in [9.17, 15) is 4.79 Å². The molecule has 3 nitrogen and oxygen atoms in total. The van der Waals surface area contributed by atoms with Crippen LogP contribution in [0.25, 0.3) is 0 Å². The molecule has 2 rings (SSSR count). The smallest absolute Gasteiger partial charge is 0.230 e. The highest BCUT2D eigenvalue weighted by Crippen LogP contribution is 2.32. The van der Waals surface area contributed by atoms with Crippen LogP contribution in [0.2, 0.25) is 4.34 Å². The molecule has 0 aliphatic carbocycles. The van der Waals surface area contributed by atoms with E-state index in [1.165, 1.54) is 11.3 Å². The van der Waals surface area contributed by atoms with E-state index in [1.54, 1.807) is 0 Å². The van der Waals surface area contributed by atoms with Gasteiger partial charge in [0.1, 0.15) is 0 Å². The Kier molecular flexibility index (Phi) is 6.12. The van der Waals surface area contributed by atoms with Gasteiger partial charge in [0.15, 0.2) is 0 Å². The normalized spacial score (nSPS) is 24.1. The average molecular weight is 323 g/mol. The molecule has 0 bridgehead atoms. The van der Waals surface area contributed by atoms with Crippen LogP contribution in [0.5, 0.6) is 0 Å². The molecule has 2 N–H and O–H groups in total. The van der Waals surface area contributed by atoms with Crippen LogP contribution < -0.4 is 5.73 Å². The van der Waals surface area contributed by atoms with Crippen molar-refractivity contribution >= 4 is 41.3 Å². The first kappa shape index (κ1) is 16.8. The Balaban J connectivity index is 0.00000180. The zero-order chi connectivity index (χ0) is 13.3. The van der Waals surface area contributed by atoms with Gasteiger partial charge in [-0.05, 0) is 44.9 Å². The van der Waals surface area contributed by atoms with Crippen LogP contribution in [0.1, 0.15) is 31.1 Å². The lowest BCUT2D eigenvalue weighted by molar-refractivity contribution is -0.133. The molecule has 0 saturated carbocycles. The largest absolute Gasteiger partial charge is 0.339 e. The summed E-state index contributed by atoms with van der Waals surface area (Å²) in [6.45, 7) is 5.50. The standard InChI is InChI=1S/C13H19ClN2OS.ClH/c1-8-5-10(6-15)7-16(8)13(17)9(2)11-3-4-12(14)18-11;/h3-4,8-10H,5-7,15H2,1-2H3;1H. The van der Waals surface area contributed by atoms with Gasteiger partial charge in [-0.3, -0.25) is 4.79 Å². The first-order valence-electron chi connectivity index (χ1n) is 6.28. The fraction of sp³-hybridized carbons (Fsp3) is 0.615. The van der Waals surface area contributed by atoms with E-state index < -0.39 is 0 Å². The number of carbonyl (C=O) groups excluding carboxylic acids is 1. The number of thiophene rings is 1. The summed E-state index contributed by atoms with van der Waals surface area (Å²) >= 11 is 7.40. The van der Waals surface area contributed by atoms with Gasteiger partial charge in [-0.2, -0.15) is 0 Å². The zero-order valence-electron chi connectivity index (χ0n) is 11.1. The number of hydrogen-bond acceptors (Lipinski definition) is 3. The van der Waals surface area contributed by atoms with Crippen molar-refractivity contribution in [2.75, 3.05) is 13.1 Å². The molecule has 1 aromatic rings. The van der Waals surface area contributed by atoms with E-state index >= 15 is 0 Å². The summed E-state index contributed by atoms with van der Waals surface area (Å²) in [5.74, 6) is 0.529. The predicted octanol–water partition coefficient (Wildman–Crippen LogP) is 3.12. The summed E-state index contributed by atoms with van der Waals surface area (Å²) in [6.07, 6.45) is 1.01. The molecule has 1 aromatic heterocycles. The van der Waals surface area contributed by atoms with Crippen molar-refractivity contribution in [3.8, 4) is 0 Å². The Hall–Kier alpha value is -0.290. The van der Waals surface area contributed by atoms with E-state index in [4.69, 9.17) is 17.3 Å². The van der Waals surface area contributed by atoms with E-state index in [-0.39, 0.29) is 24.2 Å². The molecular formula is C13H20Cl2N2OS. The van der Waals surface area contributed by atoms with Crippen molar-refractivity contribution in [1.29, 1.82) is 0 Å². The van der Waals surface area contributed by atoms with Gasteiger partial charge in [-0.25, -0.2) is 0 Å². The fourth-order valence-corrected chi connectivity index (χ4v) is 3.66. The van der Waals surface area contributed by atoms with Crippen LogP contribution in [-0.4, -0.2) is 29.9 Å². The molecule has 3 unspecified atom stereocenters. The molecule has 3 atom stereocenters. The van der Waals surface area contributed by atoms with Gasteiger partial charge in [0.05, 0.1) is 10.3 Å². The molecule has 0 spiro atoms. The third-order valence-corrected chi connectivity index (χ3v) is 5.08. The lowest BCUT2D eigenvalue weighted by Crippen LogP contribution is -2.37. The van der Waals surface area contributed by atoms with Crippen molar-refractivity contribution in [3.05, 3.63) is 21.3 Å². The van der Waals surface area contributed by atoms with Crippen LogP contribution in [0.3, 0.4) is 0 Å². The van der Waals surface area contributed by atoms with Gasteiger partial charge in [0.2, 0.25) is 5.91 Å². The third kappa shape index (κ3) is 3.63. The number of halogens is 2. The minimum Gasteiger partial charge on any atom is -0.339 e. The number of hydrogen-bond donors (Lipinski definition) is 1. The third-order valence-electron chi connectivity index (χ3n) is 3.67. The molecule has 0 aromatic carbocycles. The lowest BCUT2D eigenvalue weighted by Gasteiger charge is -2.24. The van der Waals surface area contributed by atoms with E-state index in [2.05, 4.69) is 6.92 Å². The van der Waals surface area contributed by atoms with Crippen molar-refractivity contribution in [3.63, 3.8) is 0 Å². The Bertz CT molecular complexity index is 438. The SMILES string of the molecule is CC(C(=O)N1CC(CN)CC1C)c1ccc(Cl)s1.Cl. The number of rotatable bonds is 3. The maximum Gasteiger partial charge on any atom is 0.230 e. The second-order valence-corrected chi connectivity index (χ2v) is 6.79. The van der Waals surface area contributed by atoms with Crippen LogP contribution in [0, 0.1) is 5.92 Å². The summed E-state index contributed by atoms with van der Waals surface area (Å²) in [6, 6.07) is 4.09. The van der Waals surface area contributed by atoms with Crippen LogP contribution in [-0.2, 0) is 4.79 Å². The van der Waals surface area contributed by atoms with E-state index in [1.807, 2.05) is 24.0 Å². The maximum atomic E-state index is 12.5. The molecular weight excluding hydrogens is 303 g/mol. The highest BCUT2D eigenvalue weighted by molar-refractivity contribution is 7.16. The maximum absolute atomic E-state index is 12.5. The quantitative estimate of drug-likeness (QED) is 0.929. The zero-order valence-corrected chi connectivity index (χ0v) is 13.5.